The van der Waals surface area contributed by atoms with Crippen LogP contribution in [0.2, 0.25) is 0 Å². The van der Waals surface area contributed by atoms with Crippen molar-refractivity contribution in [1.82, 2.24) is 9.55 Å². The minimum Gasteiger partial charge on any atom is -0.309 e. The summed E-state index contributed by atoms with van der Waals surface area (Å²) < 4.78 is 2.49. The van der Waals surface area contributed by atoms with Crippen molar-refractivity contribution in [2.24, 2.45) is 0 Å². The van der Waals surface area contributed by atoms with Gasteiger partial charge in [0.1, 0.15) is 0 Å². The second-order valence-corrected chi connectivity index (χ2v) is 11.6. The number of hydrogen-bond donors (Lipinski definition) is 0. The first kappa shape index (κ1) is 24.8. The predicted octanol–water partition coefficient (Wildman–Crippen LogP) is 10.2. The van der Waals surface area contributed by atoms with E-state index in [0.29, 0.717) is 0 Å². The molecular formula is C42H28N2. The van der Waals surface area contributed by atoms with Gasteiger partial charge in [0, 0.05) is 22.5 Å². The van der Waals surface area contributed by atoms with Crippen LogP contribution in [0.15, 0.2) is 170 Å². The van der Waals surface area contributed by atoms with Crippen molar-refractivity contribution >= 4 is 21.8 Å². The number of rotatable bonds is 4. The van der Waals surface area contributed by atoms with E-state index < -0.39 is 5.41 Å². The van der Waals surface area contributed by atoms with E-state index in [1.807, 2.05) is 18.3 Å². The van der Waals surface area contributed by atoms with Crippen LogP contribution in [-0.4, -0.2) is 9.55 Å². The molecule has 206 valence electrons. The zero-order chi connectivity index (χ0) is 29.1. The Bertz CT molecular complexity index is 2280. The lowest BCUT2D eigenvalue weighted by Gasteiger charge is -2.42. The number of pyridine rings is 1. The van der Waals surface area contributed by atoms with E-state index >= 15 is 0 Å². The van der Waals surface area contributed by atoms with Gasteiger partial charge in [0.05, 0.1) is 27.8 Å². The standard InChI is InChI=1S/C42H28N2/c1-3-16-32(17-4-1)42(33-18-5-2-6-19-33)36-21-8-10-24-40(36)44-39-23-9-7-20-34(39)35-27-31(28-37(42)41(35)44)29-14-13-15-30(26-29)38-22-11-12-25-43-38/h1-28H. The molecule has 0 bridgehead atoms. The third-order valence-electron chi connectivity index (χ3n) is 9.29. The van der Waals surface area contributed by atoms with E-state index in [1.165, 1.54) is 60.9 Å². The van der Waals surface area contributed by atoms with Crippen molar-refractivity contribution in [2.45, 2.75) is 5.41 Å². The smallest absolute Gasteiger partial charge is 0.0742 e. The van der Waals surface area contributed by atoms with E-state index in [1.54, 1.807) is 0 Å². The highest BCUT2D eigenvalue weighted by molar-refractivity contribution is 6.13. The van der Waals surface area contributed by atoms with Gasteiger partial charge in [-0.05, 0) is 75.8 Å². The van der Waals surface area contributed by atoms with Crippen molar-refractivity contribution in [2.75, 3.05) is 0 Å². The molecule has 8 aromatic rings. The fraction of sp³-hybridized carbons (Fsp3) is 0.0238. The summed E-state index contributed by atoms with van der Waals surface area (Å²) in [6.45, 7) is 0. The number of para-hydroxylation sites is 2. The third-order valence-corrected chi connectivity index (χ3v) is 9.29. The fourth-order valence-corrected chi connectivity index (χ4v) is 7.49. The minimum absolute atomic E-state index is 0.518. The molecule has 0 amide bonds. The monoisotopic (exact) mass is 560 g/mol. The summed E-state index contributed by atoms with van der Waals surface area (Å²) >= 11 is 0. The largest absolute Gasteiger partial charge is 0.309 e. The average molecular weight is 561 g/mol. The van der Waals surface area contributed by atoms with Crippen LogP contribution in [-0.2, 0) is 5.41 Å². The molecule has 6 aromatic carbocycles. The second kappa shape index (κ2) is 9.65. The molecule has 0 N–H and O–H groups in total. The highest BCUT2D eigenvalue weighted by Crippen LogP contribution is 2.55. The Morgan fingerprint density at radius 1 is 0.455 bits per heavy atom. The van der Waals surface area contributed by atoms with E-state index in [4.69, 9.17) is 0 Å². The maximum atomic E-state index is 4.64. The Labute approximate surface area is 256 Å². The highest BCUT2D eigenvalue weighted by atomic mass is 15.0. The molecule has 3 heterocycles. The number of hydrogen-bond acceptors (Lipinski definition) is 1. The van der Waals surface area contributed by atoms with E-state index in [9.17, 15) is 0 Å². The lowest BCUT2D eigenvalue weighted by molar-refractivity contribution is 0.728. The van der Waals surface area contributed by atoms with Crippen molar-refractivity contribution in [1.29, 1.82) is 0 Å². The van der Waals surface area contributed by atoms with Gasteiger partial charge in [-0.25, -0.2) is 0 Å². The van der Waals surface area contributed by atoms with Crippen molar-refractivity contribution < 1.29 is 0 Å². The third kappa shape index (κ3) is 3.46. The van der Waals surface area contributed by atoms with Gasteiger partial charge in [-0.15, -0.1) is 0 Å². The summed E-state index contributed by atoms with van der Waals surface area (Å²) in [5, 5.41) is 2.53. The molecule has 0 atom stereocenters. The molecule has 44 heavy (non-hydrogen) atoms. The quantitative estimate of drug-likeness (QED) is 0.209. The molecule has 2 heteroatoms. The van der Waals surface area contributed by atoms with Crippen LogP contribution in [0.25, 0.3) is 49.9 Å². The lowest BCUT2D eigenvalue weighted by atomic mass is 9.63. The molecule has 0 spiro atoms. The normalized spacial score (nSPS) is 13.2. The summed E-state index contributed by atoms with van der Waals surface area (Å²) in [6.07, 6.45) is 1.86. The molecule has 0 saturated heterocycles. The van der Waals surface area contributed by atoms with Gasteiger partial charge in [0.15, 0.2) is 0 Å². The number of benzene rings is 6. The Morgan fingerprint density at radius 3 is 1.91 bits per heavy atom. The maximum absolute atomic E-state index is 4.64. The molecular weight excluding hydrogens is 532 g/mol. The molecule has 1 aliphatic rings. The maximum Gasteiger partial charge on any atom is 0.0742 e. The summed E-state index contributed by atoms with van der Waals surface area (Å²) in [4.78, 5) is 4.64. The van der Waals surface area contributed by atoms with Crippen molar-refractivity contribution in [3.05, 3.63) is 192 Å². The zero-order valence-corrected chi connectivity index (χ0v) is 24.1. The topological polar surface area (TPSA) is 17.8 Å². The predicted molar refractivity (Wildman–Crippen MR) is 181 cm³/mol. The number of aromatic nitrogens is 2. The average Bonchev–Trinajstić information content (AvgIpc) is 3.45. The molecule has 9 rings (SSSR count). The molecule has 0 aliphatic carbocycles. The molecule has 2 nitrogen and oxygen atoms in total. The molecule has 0 unspecified atom stereocenters. The summed E-state index contributed by atoms with van der Waals surface area (Å²) in [5.41, 5.74) is 12.8. The molecule has 0 fully saturated rings. The Hall–Kier alpha value is -5.73. The van der Waals surface area contributed by atoms with Gasteiger partial charge in [0.2, 0.25) is 0 Å². The van der Waals surface area contributed by atoms with Crippen LogP contribution in [0.3, 0.4) is 0 Å². The van der Waals surface area contributed by atoms with Crippen molar-refractivity contribution in [3.8, 4) is 28.1 Å². The van der Waals surface area contributed by atoms with Crippen molar-refractivity contribution in [3.63, 3.8) is 0 Å². The SMILES string of the molecule is c1ccc(C2(c3ccccc3)c3ccccc3-n3c4ccccc4c4cc(-c5cccc(-c6ccccn6)c5)cc2c43)cc1. The first-order valence-corrected chi connectivity index (χ1v) is 15.1. The fourth-order valence-electron chi connectivity index (χ4n) is 7.49. The van der Waals surface area contributed by atoms with E-state index in [2.05, 4.69) is 161 Å². The van der Waals surface area contributed by atoms with Crippen LogP contribution < -0.4 is 0 Å². The van der Waals surface area contributed by atoms with Gasteiger partial charge >= 0.3 is 0 Å². The van der Waals surface area contributed by atoms with Gasteiger partial charge in [-0.1, -0.05) is 121 Å². The van der Waals surface area contributed by atoms with Crippen LogP contribution in [0, 0.1) is 0 Å². The Kier molecular flexibility index (Phi) is 5.45. The molecule has 0 radical (unpaired) electrons. The van der Waals surface area contributed by atoms with E-state index in [0.717, 1.165) is 11.3 Å². The van der Waals surface area contributed by atoms with Gasteiger partial charge in [0.25, 0.3) is 0 Å². The van der Waals surface area contributed by atoms with Crippen LogP contribution in [0.5, 0.6) is 0 Å². The Morgan fingerprint density at radius 2 is 1.14 bits per heavy atom. The van der Waals surface area contributed by atoms with Gasteiger partial charge < -0.3 is 4.57 Å². The Balaban J connectivity index is 1.47. The summed E-state index contributed by atoms with van der Waals surface area (Å²) in [7, 11) is 0. The molecule has 1 aliphatic heterocycles. The van der Waals surface area contributed by atoms with Gasteiger partial charge in [-0.3, -0.25) is 4.98 Å². The second-order valence-electron chi connectivity index (χ2n) is 11.6. The minimum atomic E-state index is -0.518. The summed E-state index contributed by atoms with van der Waals surface area (Å²) in [5.74, 6) is 0. The zero-order valence-electron chi connectivity index (χ0n) is 24.1. The number of nitrogens with zero attached hydrogens (tertiary/aromatic N) is 2. The van der Waals surface area contributed by atoms with Crippen LogP contribution in [0.1, 0.15) is 22.3 Å². The lowest BCUT2D eigenvalue weighted by Crippen LogP contribution is -2.35. The summed E-state index contributed by atoms with van der Waals surface area (Å²) in [6, 6.07) is 59.6. The van der Waals surface area contributed by atoms with Crippen LogP contribution in [0.4, 0.5) is 0 Å². The van der Waals surface area contributed by atoms with Gasteiger partial charge in [-0.2, -0.15) is 0 Å². The van der Waals surface area contributed by atoms with E-state index in [-0.39, 0.29) is 0 Å². The first-order chi connectivity index (χ1) is 21.8. The van der Waals surface area contributed by atoms with Crippen LogP contribution >= 0.6 is 0 Å². The molecule has 0 saturated carbocycles. The number of fused-ring (bicyclic) bond motifs is 5. The molecule has 2 aromatic heterocycles. The highest BCUT2D eigenvalue weighted by Gasteiger charge is 2.45. The first-order valence-electron chi connectivity index (χ1n) is 15.1.